The summed E-state index contributed by atoms with van der Waals surface area (Å²) in [6.07, 6.45) is 3.11. The van der Waals surface area contributed by atoms with Gasteiger partial charge in [-0.15, -0.1) is 0 Å². The van der Waals surface area contributed by atoms with Gasteiger partial charge in [-0.1, -0.05) is 22.4 Å². The number of hydrogen-bond acceptors (Lipinski definition) is 14. The predicted octanol–water partition coefficient (Wildman–Crippen LogP) is 7.63. The maximum absolute atomic E-state index is 11.5. The van der Waals surface area contributed by atoms with E-state index in [9.17, 15) is 4.79 Å². The number of nitrogens with zero attached hydrogens (tertiary/aromatic N) is 2. The number of benzene rings is 4. The van der Waals surface area contributed by atoms with E-state index in [1.54, 1.807) is 93.5 Å². The summed E-state index contributed by atoms with van der Waals surface area (Å²) < 4.78 is 53.4. The van der Waals surface area contributed by atoms with E-state index in [-0.39, 0.29) is 5.91 Å². The number of aromatic nitrogens is 2. The molecule has 6 aromatic rings. The van der Waals surface area contributed by atoms with Crippen molar-refractivity contribution in [2.24, 2.45) is 0 Å². The smallest absolute Gasteiger partial charge is 0.221 e. The van der Waals surface area contributed by atoms with Crippen LogP contribution in [0.4, 0.5) is 11.4 Å². The lowest BCUT2D eigenvalue weighted by atomic mass is 10.0. The molecule has 288 valence electrons. The number of ether oxygens (including phenoxy) is 8. The second-order valence-corrected chi connectivity index (χ2v) is 11.5. The summed E-state index contributed by atoms with van der Waals surface area (Å²) in [5, 5.41) is 11.1. The van der Waals surface area contributed by atoms with E-state index < -0.39 is 0 Å². The number of amides is 1. The maximum Gasteiger partial charge on any atom is 0.221 e. The van der Waals surface area contributed by atoms with Crippen LogP contribution >= 0.6 is 0 Å². The molecule has 0 spiro atoms. The molecule has 2 heterocycles. The third-order valence-electron chi connectivity index (χ3n) is 8.38. The summed E-state index contributed by atoms with van der Waals surface area (Å²) in [6.45, 7) is 1.44. The highest BCUT2D eigenvalue weighted by Gasteiger charge is 2.21. The van der Waals surface area contributed by atoms with Crippen molar-refractivity contribution in [3.63, 3.8) is 0 Å². The van der Waals surface area contributed by atoms with Crippen molar-refractivity contribution in [2.45, 2.75) is 6.92 Å². The van der Waals surface area contributed by atoms with Crippen molar-refractivity contribution < 1.29 is 51.7 Å². The minimum atomic E-state index is -0.199. The predicted molar refractivity (Wildman–Crippen MR) is 206 cm³/mol. The minimum absolute atomic E-state index is 0.199. The fourth-order valence-electron chi connectivity index (χ4n) is 5.80. The Morgan fingerprint density at radius 2 is 0.927 bits per heavy atom. The van der Waals surface area contributed by atoms with Crippen LogP contribution in [0.25, 0.3) is 44.8 Å². The van der Waals surface area contributed by atoms with Gasteiger partial charge in [0.25, 0.3) is 0 Å². The van der Waals surface area contributed by atoms with Gasteiger partial charge in [-0.3, -0.25) is 4.79 Å². The topological polar surface area (TPSA) is 181 Å². The van der Waals surface area contributed by atoms with Crippen LogP contribution in [0.1, 0.15) is 6.92 Å². The van der Waals surface area contributed by atoms with Gasteiger partial charge in [0.15, 0.2) is 23.0 Å². The summed E-state index contributed by atoms with van der Waals surface area (Å²) in [4.78, 5) is 11.5. The fourth-order valence-corrected chi connectivity index (χ4v) is 5.80. The second kappa shape index (κ2) is 17.7. The van der Waals surface area contributed by atoms with E-state index in [2.05, 4.69) is 15.6 Å². The van der Waals surface area contributed by atoms with Crippen molar-refractivity contribution in [3.05, 3.63) is 73.2 Å². The summed E-state index contributed by atoms with van der Waals surface area (Å²) in [6, 6.07) is 18.2. The molecule has 0 bridgehead atoms. The van der Waals surface area contributed by atoms with E-state index in [0.717, 1.165) is 33.4 Å². The molecule has 0 saturated carbocycles. The number of hydrogen-bond donors (Lipinski definition) is 2. The fraction of sp³-hybridized carbons (Fsp3) is 0.225. The number of nitrogens with two attached hydrogens (primary N) is 1. The molecule has 0 saturated heterocycles. The molecule has 2 aromatic heterocycles. The van der Waals surface area contributed by atoms with Gasteiger partial charge >= 0.3 is 0 Å². The second-order valence-electron chi connectivity index (χ2n) is 11.5. The van der Waals surface area contributed by atoms with Gasteiger partial charge < -0.3 is 58.0 Å². The Hall–Kier alpha value is -7.03. The molecule has 3 N–H and O–H groups in total. The van der Waals surface area contributed by atoms with Crippen molar-refractivity contribution in [3.8, 4) is 90.8 Å². The highest BCUT2D eigenvalue weighted by atomic mass is 16.5. The number of methoxy groups -OCH3 is 8. The van der Waals surface area contributed by atoms with Gasteiger partial charge in [0.2, 0.25) is 17.4 Å². The zero-order valence-electron chi connectivity index (χ0n) is 31.9. The minimum Gasteiger partial charge on any atom is -0.495 e. The first kappa shape index (κ1) is 39.2. The van der Waals surface area contributed by atoms with Crippen LogP contribution < -0.4 is 48.9 Å². The van der Waals surface area contributed by atoms with E-state index in [1.807, 2.05) is 30.3 Å². The lowest BCUT2D eigenvalue weighted by molar-refractivity contribution is -0.114. The van der Waals surface area contributed by atoms with Gasteiger partial charge in [0.1, 0.15) is 35.4 Å². The number of carbonyl (C=O) groups is 1. The Morgan fingerprint density at radius 1 is 0.527 bits per heavy atom. The molecule has 0 atom stereocenters. The van der Waals surface area contributed by atoms with Crippen LogP contribution in [0.15, 0.2) is 82.2 Å². The van der Waals surface area contributed by atoms with Crippen LogP contribution in [0.3, 0.4) is 0 Å². The van der Waals surface area contributed by atoms with Crippen LogP contribution in [-0.4, -0.2) is 73.1 Å². The lowest BCUT2D eigenvalue weighted by Crippen LogP contribution is -2.07. The number of rotatable bonds is 13. The molecule has 0 aliphatic rings. The zero-order chi connectivity index (χ0) is 39.6. The molecule has 1 amide bonds. The molecule has 0 aliphatic heterocycles. The third kappa shape index (κ3) is 8.30. The van der Waals surface area contributed by atoms with Crippen LogP contribution in [0.5, 0.6) is 46.0 Å². The number of anilines is 2. The first-order valence-corrected chi connectivity index (χ1v) is 16.5. The van der Waals surface area contributed by atoms with Gasteiger partial charge in [-0.05, 0) is 59.7 Å². The van der Waals surface area contributed by atoms with E-state index in [1.165, 1.54) is 13.2 Å². The van der Waals surface area contributed by atoms with E-state index >= 15 is 0 Å². The first-order chi connectivity index (χ1) is 26.6. The average molecular weight is 755 g/mol. The van der Waals surface area contributed by atoms with E-state index in [4.69, 9.17) is 52.7 Å². The van der Waals surface area contributed by atoms with Gasteiger partial charge in [0.05, 0.1) is 68.3 Å². The Bertz CT molecular complexity index is 2210. The van der Waals surface area contributed by atoms with Gasteiger partial charge in [-0.2, -0.15) is 0 Å². The Balaban J connectivity index is 0.000000212. The summed E-state index contributed by atoms with van der Waals surface area (Å²) in [5.74, 6) is 4.03. The first-order valence-electron chi connectivity index (χ1n) is 16.5. The standard InChI is InChI=1S/C21H22N2O6.C19H20N2O5/c1-12(24)22-16-8-13(6-7-17(16)25-2)15-11-29-23-20(15)14-9-18(26-3)21(28-5)19(10-14)27-4;1-22-15-6-5-11(7-14(15)20)13-10-26-21-18(13)12-8-16(23-2)19(25-4)17(9-12)24-3/h6-11H,1-5H3,(H,22,24);5-10H,20H2,1-4H3. The lowest BCUT2D eigenvalue weighted by Gasteiger charge is -2.14. The molecular weight excluding hydrogens is 712 g/mol. The van der Waals surface area contributed by atoms with Crippen LogP contribution in [0, 0.1) is 0 Å². The van der Waals surface area contributed by atoms with Gasteiger partial charge in [-0.25, -0.2) is 0 Å². The molecule has 6 rings (SSSR count). The third-order valence-corrected chi connectivity index (χ3v) is 8.38. The monoisotopic (exact) mass is 754 g/mol. The van der Waals surface area contributed by atoms with Crippen LogP contribution in [0.2, 0.25) is 0 Å². The summed E-state index contributed by atoms with van der Waals surface area (Å²) in [7, 11) is 12.4. The molecular formula is C40H42N4O11. The Labute approximate surface area is 317 Å². The molecule has 4 aromatic carbocycles. The van der Waals surface area contributed by atoms with Crippen molar-refractivity contribution in [1.29, 1.82) is 0 Å². The maximum atomic E-state index is 11.5. The van der Waals surface area contributed by atoms with Crippen molar-refractivity contribution >= 4 is 17.3 Å². The largest absolute Gasteiger partial charge is 0.495 e. The highest BCUT2D eigenvalue weighted by Crippen LogP contribution is 2.45. The van der Waals surface area contributed by atoms with Gasteiger partial charge in [0, 0.05) is 29.2 Å². The number of nitrogens with one attached hydrogen (secondary N) is 1. The number of nitrogen functional groups attached to an aromatic ring is 1. The quantitative estimate of drug-likeness (QED) is 0.110. The molecule has 0 radical (unpaired) electrons. The number of carbonyl (C=O) groups excluding carboxylic acids is 1. The SMILES string of the molecule is COc1ccc(-c2conc2-c2cc(OC)c(OC)c(OC)c2)cc1N.COc1ccc(-c2conc2-c2cc(OC)c(OC)c(OC)c2)cc1NC(C)=O. The Kier molecular flexibility index (Phi) is 12.6. The van der Waals surface area contributed by atoms with Crippen molar-refractivity contribution in [2.75, 3.05) is 67.9 Å². The zero-order valence-corrected chi connectivity index (χ0v) is 31.9. The molecule has 55 heavy (non-hydrogen) atoms. The highest BCUT2D eigenvalue weighted by molar-refractivity contribution is 5.92. The summed E-state index contributed by atoms with van der Waals surface area (Å²) >= 11 is 0. The molecule has 0 unspecified atom stereocenters. The van der Waals surface area contributed by atoms with E-state index in [0.29, 0.717) is 68.8 Å². The molecule has 0 fully saturated rings. The molecule has 0 aliphatic carbocycles. The normalized spacial score (nSPS) is 10.4. The molecule has 15 nitrogen and oxygen atoms in total. The molecule has 15 heteroatoms. The Morgan fingerprint density at radius 3 is 1.29 bits per heavy atom. The summed E-state index contributed by atoms with van der Waals surface area (Å²) in [5.41, 5.74) is 13.0. The van der Waals surface area contributed by atoms with Crippen molar-refractivity contribution in [1.82, 2.24) is 10.3 Å². The average Bonchev–Trinajstić information content (AvgIpc) is 3.91. The van der Waals surface area contributed by atoms with Crippen LogP contribution in [-0.2, 0) is 4.79 Å².